The Morgan fingerprint density at radius 1 is 1.13 bits per heavy atom. The number of hydrogen-bond acceptors (Lipinski definition) is 2. The van der Waals surface area contributed by atoms with E-state index in [9.17, 15) is 13.6 Å². The number of rotatable bonds is 6. The van der Waals surface area contributed by atoms with Gasteiger partial charge in [-0.15, -0.1) is 0 Å². The van der Waals surface area contributed by atoms with E-state index in [-0.39, 0.29) is 12.2 Å². The third-order valence-electron chi connectivity index (χ3n) is 3.26. The summed E-state index contributed by atoms with van der Waals surface area (Å²) < 4.78 is 33.1. The van der Waals surface area contributed by atoms with E-state index in [4.69, 9.17) is 4.74 Å². The zero-order chi connectivity index (χ0) is 16.7. The molecule has 0 heterocycles. The Labute approximate surface area is 133 Å². The number of amides is 1. The summed E-state index contributed by atoms with van der Waals surface area (Å²) in [7, 11) is 0. The standard InChI is InChI=1S/C18H17F2NO2/c1-2-18(19,20)16(15-11-7-4-8-12-15)21-17(22)23-13-14-9-5-3-6-10-14/h2-12,16H,1,13H2,(H,21,22). The van der Waals surface area contributed by atoms with Crippen LogP contribution in [0, 0.1) is 0 Å². The SMILES string of the molecule is C=CC(F)(F)C(NC(=O)OCc1ccccc1)c1ccccc1. The maximum atomic E-state index is 14.0. The minimum absolute atomic E-state index is 0.00778. The number of nitrogens with one attached hydrogen (secondary N) is 1. The summed E-state index contributed by atoms with van der Waals surface area (Å²) in [5.74, 6) is -3.30. The summed E-state index contributed by atoms with van der Waals surface area (Å²) in [5.41, 5.74) is 1.04. The monoisotopic (exact) mass is 317 g/mol. The Kier molecular flexibility index (Phi) is 5.46. The lowest BCUT2D eigenvalue weighted by Crippen LogP contribution is -2.39. The molecule has 0 saturated heterocycles. The van der Waals surface area contributed by atoms with Crippen LogP contribution in [0.25, 0.3) is 0 Å². The van der Waals surface area contributed by atoms with Crippen molar-refractivity contribution in [2.75, 3.05) is 0 Å². The van der Waals surface area contributed by atoms with Gasteiger partial charge in [-0.25, -0.2) is 4.79 Å². The lowest BCUT2D eigenvalue weighted by Gasteiger charge is -2.25. The first-order valence-corrected chi connectivity index (χ1v) is 7.06. The van der Waals surface area contributed by atoms with Crippen LogP contribution in [0.4, 0.5) is 13.6 Å². The first-order chi connectivity index (χ1) is 11.0. The molecule has 0 fully saturated rings. The summed E-state index contributed by atoms with van der Waals surface area (Å²) in [4.78, 5) is 11.9. The summed E-state index contributed by atoms with van der Waals surface area (Å²) in [6, 6.07) is 15.4. The van der Waals surface area contributed by atoms with Crippen LogP contribution in [0.2, 0.25) is 0 Å². The normalized spacial score (nSPS) is 12.3. The fourth-order valence-electron chi connectivity index (χ4n) is 2.05. The lowest BCUT2D eigenvalue weighted by molar-refractivity contribution is 0.00975. The van der Waals surface area contributed by atoms with Crippen LogP contribution >= 0.6 is 0 Å². The molecule has 2 rings (SSSR count). The average Bonchev–Trinajstić information content (AvgIpc) is 2.59. The molecule has 0 aliphatic heterocycles. The highest BCUT2D eigenvalue weighted by atomic mass is 19.3. The van der Waals surface area contributed by atoms with Gasteiger partial charge in [-0.1, -0.05) is 67.2 Å². The van der Waals surface area contributed by atoms with Crippen LogP contribution in [-0.4, -0.2) is 12.0 Å². The number of benzene rings is 2. The van der Waals surface area contributed by atoms with Gasteiger partial charge < -0.3 is 10.1 Å². The summed E-state index contributed by atoms with van der Waals surface area (Å²) in [5, 5.41) is 2.21. The molecular weight excluding hydrogens is 300 g/mol. The van der Waals surface area contributed by atoms with E-state index in [2.05, 4.69) is 11.9 Å². The number of carbonyl (C=O) groups is 1. The van der Waals surface area contributed by atoms with Crippen molar-refractivity contribution in [2.24, 2.45) is 0 Å². The van der Waals surface area contributed by atoms with Gasteiger partial charge in [0.05, 0.1) is 0 Å². The van der Waals surface area contributed by atoms with Crippen molar-refractivity contribution in [3.8, 4) is 0 Å². The zero-order valence-corrected chi connectivity index (χ0v) is 12.4. The summed E-state index contributed by atoms with van der Waals surface area (Å²) >= 11 is 0. The molecule has 23 heavy (non-hydrogen) atoms. The van der Waals surface area contributed by atoms with Crippen molar-refractivity contribution in [1.29, 1.82) is 0 Å². The molecule has 2 aromatic rings. The second kappa shape index (κ2) is 7.54. The number of carbonyl (C=O) groups excluding carboxylic acids is 1. The van der Waals surface area contributed by atoms with Gasteiger partial charge in [-0.3, -0.25) is 0 Å². The van der Waals surface area contributed by atoms with Crippen LogP contribution in [0.3, 0.4) is 0 Å². The molecular formula is C18H17F2NO2. The fourth-order valence-corrected chi connectivity index (χ4v) is 2.05. The van der Waals surface area contributed by atoms with Crippen LogP contribution < -0.4 is 5.32 Å². The van der Waals surface area contributed by atoms with E-state index in [1.54, 1.807) is 42.5 Å². The Hall–Kier alpha value is -2.69. The van der Waals surface area contributed by atoms with Crippen molar-refractivity contribution in [2.45, 2.75) is 18.6 Å². The second-order valence-corrected chi connectivity index (χ2v) is 4.93. The second-order valence-electron chi connectivity index (χ2n) is 4.93. The van der Waals surface area contributed by atoms with Gasteiger partial charge in [0, 0.05) is 0 Å². The maximum absolute atomic E-state index is 14.0. The first-order valence-electron chi connectivity index (χ1n) is 7.06. The quantitative estimate of drug-likeness (QED) is 0.798. The van der Waals surface area contributed by atoms with Crippen molar-refractivity contribution < 1.29 is 18.3 Å². The molecule has 0 radical (unpaired) electrons. The Morgan fingerprint density at radius 3 is 2.26 bits per heavy atom. The smallest absolute Gasteiger partial charge is 0.408 e. The first kappa shape index (κ1) is 16.7. The molecule has 1 unspecified atom stereocenters. The summed E-state index contributed by atoms with van der Waals surface area (Å²) in [6.07, 6.45) is -0.397. The van der Waals surface area contributed by atoms with Crippen LogP contribution in [-0.2, 0) is 11.3 Å². The molecule has 1 amide bonds. The molecule has 0 aliphatic rings. The van der Waals surface area contributed by atoms with E-state index in [1.807, 2.05) is 6.07 Å². The lowest BCUT2D eigenvalue weighted by atomic mass is 10.0. The van der Waals surface area contributed by atoms with E-state index in [0.717, 1.165) is 5.56 Å². The van der Waals surface area contributed by atoms with Crippen LogP contribution in [0.1, 0.15) is 17.2 Å². The molecule has 0 aliphatic carbocycles. The number of alkyl halides is 2. The minimum Gasteiger partial charge on any atom is -0.445 e. The molecule has 2 aromatic carbocycles. The summed E-state index contributed by atoms with van der Waals surface area (Å²) in [6.45, 7) is 3.15. The van der Waals surface area contributed by atoms with Gasteiger partial charge in [0.1, 0.15) is 12.6 Å². The van der Waals surface area contributed by atoms with Gasteiger partial charge in [-0.05, 0) is 17.2 Å². The van der Waals surface area contributed by atoms with Crippen molar-refractivity contribution in [1.82, 2.24) is 5.32 Å². The van der Waals surface area contributed by atoms with E-state index in [0.29, 0.717) is 6.08 Å². The molecule has 120 valence electrons. The van der Waals surface area contributed by atoms with Crippen LogP contribution in [0.15, 0.2) is 73.3 Å². The van der Waals surface area contributed by atoms with E-state index in [1.165, 1.54) is 12.1 Å². The average molecular weight is 317 g/mol. The third kappa shape index (κ3) is 4.64. The van der Waals surface area contributed by atoms with Crippen molar-refractivity contribution in [3.05, 3.63) is 84.4 Å². The van der Waals surface area contributed by atoms with Gasteiger partial charge in [0.15, 0.2) is 0 Å². The number of ether oxygens (including phenoxy) is 1. The van der Waals surface area contributed by atoms with Crippen molar-refractivity contribution >= 4 is 6.09 Å². The Morgan fingerprint density at radius 2 is 1.70 bits per heavy atom. The van der Waals surface area contributed by atoms with Gasteiger partial charge in [-0.2, -0.15) is 8.78 Å². The predicted octanol–water partition coefficient (Wildman–Crippen LogP) is 4.48. The molecule has 3 nitrogen and oxygen atoms in total. The fraction of sp³-hybridized carbons (Fsp3) is 0.167. The molecule has 0 spiro atoms. The maximum Gasteiger partial charge on any atom is 0.408 e. The molecule has 5 heteroatoms. The topological polar surface area (TPSA) is 38.3 Å². The third-order valence-corrected chi connectivity index (χ3v) is 3.26. The number of alkyl carbamates (subject to hydrolysis) is 1. The highest BCUT2D eigenvalue weighted by Gasteiger charge is 2.39. The molecule has 1 atom stereocenters. The molecule has 1 N–H and O–H groups in total. The minimum atomic E-state index is -3.30. The molecule has 0 aromatic heterocycles. The number of halogens is 2. The molecule has 0 saturated carbocycles. The van der Waals surface area contributed by atoms with Crippen molar-refractivity contribution in [3.63, 3.8) is 0 Å². The highest BCUT2D eigenvalue weighted by Crippen LogP contribution is 2.32. The van der Waals surface area contributed by atoms with E-state index < -0.39 is 18.1 Å². The van der Waals surface area contributed by atoms with Gasteiger partial charge >= 0.3 is 6.09 Å². The zero-order valence-electron chi connectivity index (χ0n) is 12.4. The Balaban J connectivity index is 2.06. The van der Waals surface area contributed by atoms with Crippen LogP contribution in [0.5, 0.6) is 0 Å². The van der Waals surface area contributed by atoms with Gasteiger partial charge in [0.2, 0.25) is 0 Å². The molecule has 0 bridgehead atoms. The largest absolute Gasteiger partial charge is 0.445 e. The van der Waals surface area contributed by atoms with E-state index >= 15 is 0 Å². The predicted molar refractivity (Wildman–Crippen MR) is 84.1 cm³/mol. The van der Waals surface area contributed by atoms with Gasteiger partial charge in [0.25, 0.3) is 5.92 Å². The number of hydrogen-bond donors (Lipinski definition) is 1. The Bertz CT molecular complexity index is 645. The highest BCUT2D eigenvalue weighted by molar-refractivity contribution is 5.68.